The van der Waals surface area contributed by atoms with Crippen LogP contribution in [0.1, 0.15) is 27.5 Å². The van der Waals surface area contributed by atoms with Gasteiger partial charge in [0.2, 0.25) is 0 Å². The van der Waals surface area contributed by atoms with Crippen LogP contribution in [0.4, 0.5) is 13.2 Å². The van der Waals surface area contributed by atoms with Gasteiger partial charge in [-0.05, 0) is 72.1 Å². The lowest BCUT2D eigenvalue weighted by atomic mass is 9.91. The summed E-state index contributed by atoms with van der Waals surface area (Å²) in [4.78, 5) is 15.2. The van der Waals surface area contributed by atoms with E-state index in [1.165, 1.54) is 31.4 Å². The smallest absolute Gasteiger partial charge is 0.493 e. The van der Waals surface area contributed by atoms with Crippen molar-refractivity contribution in [2.24, 2.45) is 0 Å². The molecule has 190 valence electrons. The number of carbonyl (C=O) groups is 1. The molecule has 0 N–H and O–H groups in total. The van der Waals surface area contributed by atoms with Crippen LogP contribution in [-0.2, 0) is 6.42 Å². The number of rotatable bonds is 7. The number of alkyl halides is 3. The van der Waals surface area contributed by atoms with Gasteiger partial charge in [0.25, 0.3) is 5.91 Å². The van der Waals surface area contributed by atoms with Gasteiger partial charge in [-0.3, -0.25) is 4.79 Å². The first-order chi connectivity index (χ1) is 17.2. The second kappa shape index (κ2) is 10.6. The molecule has 0 spiro atoms. The molecule has 0 radical (unpaired) electrons. The summed E-state index contributed by atoms with van der Waals surface area (Å²) in [5.74, 6) is 0.831. The highest BCUT2D eigenvalue weighted by atomic mass is 35.5. The topological polar surface area (TPSA) is 57.2 Å². The largest absolute Gasteiger partial charge is 0.573 e. The number of benzene rings is 3. The third kappa shape index (κ3) is 5.79. The number of halogens is 4. The van der Waals surface area contributed by atoms with Crippen LogP contribution >= 0.6 is 11.6 Å². The van der Waals surface area contributed by atoms with Crippen molar-refractivity contribution in [3.8, 4) is 23.0 Å². The molecular formula is C26H23ClF3NO5. The number of hydrogen-bond acceptors (Lipinski definition) is 5. The molecule has 1 atom stereocenters. The molecule has 1 amide bonds. The van der Waals surface area contributed by atoms with E-state index in [1.54, 1.807) is 36.3 Å². The van der Waals surface area contributed by atoms with Crippen molar-refractivity contribution in [3.63, 3.8) is 0 Å². The first-order valence-electron chi connectivity index (χ1n) is 11.0. The fraction of sp³-hybridized carbons (Fsp3) is 0.269. The first-order valence-corrected chi connectivity index (χ1v) is 11.4. The van der Waals surface area contributed by atoms with Crippen molar-refractivity contribution in [1.82, 2.24) is 4.90 Å². The second-order valence-electron chi connectivity index (χ2n) is 8.01. The zero-order valence-electron chi connectivity index (χ0n) is 19.5. The summed E-state index contributed by atoms with van der Waals surface area (Å²) in [5, 5.41) is 0.443. The molecule has 1 aliphatic heterocycles. The SMILES string of the molecule is COc1cc2c(cc1OC)C(COc1ccc(OC(F)(F)F)cc1)N(C(=O)c1cccc(Cl)c1)CC2. The summed E-state index contributed by atoms with van der Waals surface area (Å²) in [5.41, 5.74) is 2.24. The Bertz CT molecular complexity index is 1230. The van der Waals surface area contributed by atoms with E-state index >= 15 is 0 Å². The summed E-state index contributed by atoms with van der Waals surface area (Å²) in [6.45, 7) is 0.467. The molecule has 3 aromatic rings. The number of carbonyl (C=O) groups excluding carboxylic acids is 1. The third-order valence-electron chi connectivity index (χ3n) is 5.80. The average Bonchev–Trinajstić information content (AvgIpc) is 2.85. The second-order valence-corrected chi connectivity index (χ2v) is 8.45. The first kappa shape index (κ1) is 25.5. The molecule has 1 unspecified atom stereocenters. The minimum Gasteiger partial charge on any atom is -0.493 e. The zero-order valence-corrected chi connectivity index (χ0v) is 20.2. The molecule has 0 saturated heterocycles. The predicted octanol–water partition coefficient (Wildman–Crippen LogP) is 6.07. The molecule has 36 heavy (non-hydrogen) atoms. The van der Waals surface area contributed by atoms with Crippen molar-refractivity contribution in [2.75, 3.05) is 27.4 Å². The summed E-state index contributed by atoms with van der Waals surface area (Å²) in [6, 6.07) is 15.0. The van der Waals surface area contributed by atoms with Gasteiger partial charge in [0.15, 0.2) is 11.5 Å². The van der Waals surface area contributed by atoms with E-state index in [0.717, 1.165) is 11.1 Å². The van der Waals surface area contributed by atoms with Gasteiger partial charge in [-0.25, -0.2) is 0 Å². The Hall–Kier alpha value is -3.59. The number of methoxy groups -OCH3 is 2. The van der Waals surface area contributed by atoms with E-state index in [-0.39, 0.29) is 18.3 Å². The standard InChI is InChI=1S/C26H23ClF3NO5/c1-33-23-13-16-10-11-31(25(32)17-4-3-5-18(27)12-17)22(21(16)14-24(23)34-2)15-35-19-6-8-20(9-7-19)36-26(28,29)30/h3-9,12-14,22H,10-11,15H2,1-2H3. The average molecular weight is 522 g/mol. The van der Waals surface area contributed by atoms with Crippen LogP contribution in [0.5, 0.6) is 23.0 Å². The van der Waals surface area contributed by atoms with E-state index in [0.29, 0.717) is 40.8 Å². The van der Waals surface area contributed by atoms with Crippen molar-refractivity contribution >= 4 is 17.5 Å². The number of ether oxygens (including phenoxy) is 4. The minimum atomic E-state index is -4.78. The quantitative estimate of drug-likeness (QED) is 0.377. The van der Waals surface area contributed by atoms with E-state index < -0.39 is 12.4 Å². The van der Waals surface area contributed by atoms with Gasteiger partial charge >= 0.3 is 6.36 Å². The molecular weight excluding hydrogens is 499 g/mol. The Morgan fingerprint density at radius 1 is 1.00 bits per heavy atom. The van der Waals surface area contributed by atoms with Crippen molar-refractivity contribution < 1.29 is 36.9 Å². The van der Waals surface area contributed by atoms with Gasteiger partial charge in [-0.2, -0.15) is 0 Å². The minimum absolute atomic E-state index is 0.0499. The highest BCUT2D eigenvalue weighted by Crippen LogP contribution is 2.39. The van der Waals surface area contributed by atoms with E-state index in [2.05, 4.69) is 4.74 Å². The lowest BCUT2D eigenvalue weighted by Gasteiger charge is -2.37. The molecule has 1 heterocycles. The molecule has 10 heteroatoms. The maximum atomic E-state index is 13.5. The predicted molar refractivity (Wildman–Crippen MR) is 127 cm³/mol. The van der Waals surface area contributed by atoms with Gasteiger partial charge in [-0.1, -0.05) is 17.7 Å². The van der Waals surface area contributed by atoms with Crippen molar-refractivity contribution in [1.29, 1.82) is 0 Å². The Balaban J connectivity index is 1.64. The highest BCUT2D eigenvalue weighted by Gasteiger charge is 2.34. The molecule has 0 fully saturated rings. The maximum Gasteiger partial charge on any atom is 0.573 e. The molecule has 6 nitrogen and oxygen atoms in total. The van der Waals surface area contributed by atoms with Crippen LogP contribution in [0.2, 0.25) is 5.02 Å². The van der Waals surface area contributed by atoms with Gasteiger partial charge in [0.05, 0.1) is 20.3 Å². The fourth-order valence-corrected chi connectivity index (χ4v) is 4.34. The van der Waals surface area contributed by atoms with Crippen LogP contribution < -0.4 is 18.9 Å². The summed E-state index contributed by atoms with van der Waals surface area (Å²) < 4.78 is 58.1. The summed E-state index contributed by atoms with van der Waals surface area (Å²) >= 11 is 6.11. The molecule has 0 bridgehead atoms. The molecule has 0 aromatic heterocycles. The molecule has 0 saturated carbocycles. The van der Waals surface area contributed by atoms with E-state index in [4.69, 9.17) is 25.8 Å². The number of hydrogen-bond donors (Lipinski definition) is 0. The van der Waals surface area contributed by atoms with Crippen LogP contribution in [0.3, 0.4) is 0 Å². The summed E-state index contributed by atoms with van der Waals surface area (Å²) in [7, 11) is 3.08. The highest BCUT2D eigenvalue weighted by molar-refractivity contribution is 6.30. The van der Waals surface area contributed by atoms with Crippen molar-refractivity contribution in [2.45, 2.75) is 18.8 Å². The lowest BCUT2D eigenvalue weighted by molar-refractivity contribution is -0.274. The number of fused-ring (bicyclic) bond motifs is 1. The Morgan fingerprint density at radius 3 is 2.31 bits per heavy atom. The molecule has 3 aromatic carbocycles. The third-order valence-corrected chi connectivity index (χ3v) is 6.04. The number of nitrogens with zero attached hydrogens (tertiary/aromatic N) is 1. The van der Waals surface area contributed by atoms with Crippen molar-refractivity contribution in [3.05, 3.63) is 82.4 Å². The Labute approximate surface area is 211 Å². The van der Waals surface area contributed by atoms with E-state index in [9.17, 15) is 18.0 Å². The zero-order chi connectivity index (χ0) is 25.9. The number of amides is 1. The molecule has 1 aliphatic rings. The van der Waals surface area contributed by atoms with Gasteiger partial charge in [-0.15, -0.1) is 13.2 Å². The molecule has 0 aliphatic carbocycles. The maximum absolute atomic E-state index is 13.5. The van der Waals surface area contributed by atoms with Crippen LogP contribution in [-0.4, -0.2) is 44.5 Å². The van der Waals surface area contributed by atoms with Crippen LogP contribution in [0.25, 0.3) is 0 Å². The Kier molecular flexibility index (Phi) is 7.49. The molecule has 4 rings (SSSR count). The van der Waals surface area contributed by atoms with Gasteiger partial charge < -0.3 is 23.8 Å². The van der Waals surface area contributed by atoms with Crippen LogP contribution in [0, 0.1) is 0 Å². The normalized spacial score (nSPS) is 15.2. The van der Waals surface area contributed by atoms with Gasteiger partial charge in [0.1, 0.15) is 18.1 Å². The Morgan fingerprint density at radius 2 is 1.67 bits per heavy atom. The van der Waals surface area contributed by atoms with E-state index in [1.807, 2.05) is 12.1 Å². The fourth-order valence-electron chi connectivity index (χ4n) is 4.15. The lowest BCUT2D eigenvalue weighted by Crippen LogP contribution is -2.42. The monoisotopic (exact) mass is 521 g/mol. The van der Waals surface area contributed by atoms with Gasteiger partial charge in [0, 0.05) is 17.1 Å². The summed E-state index contributed by atoms with van der Waals surface area (Å²) in [6.07, 6.45) is -4.20. The van der Waals surface area contributed by atoms with Crippen LogP contribution in [0.15, 0.2) is 60.7 Å².